The Kier molecular flexibility index (Phi) is 4.99. The Morgan fingerprint density at radius 1 is 0.897 bits per heavy atom. The molecule has 146 valence electrons. The molecular formula is C21H16F3N5. The van der Waals surface area contributed by atoms with Gasteiger partial charge in [-0.1, -0.05) is 12.1 Å². The first-order valence-corrected chi connectivity index (χ1v) is 8.82. The lowest BCUT2D eigenvalue weighted by atomic mass is 10.1. The van der Waals surface area contributed by atoms with Crippen molar-refractivity contribution in [2.75, 3.05) is 5.32 Å². The summed E-state index contributed by atoms with van der Waals surface area (Å²) >= 11 is 0. The van der Waals surface area contributed by atoms with E-state index >= 15 is 0 Å². The maximum absolute atomic E-state index is 12.7. The van der Waals surface area contributed by atoms with E-state index in [2.05, 4.69) is 20.4 Å². The molecule has 0 saturated carbocycles. The van der Waals surface area contributed by atoms with Gasteiger partial charge in [0.2, 0.25) is 0 Å². The predicted octanol–water partition coefficient (Wildman–Crippen LogP) is 4.96. The molecule has 0 saturated heterocycles. The van der Waals surface area contributed by atoms with Crippen LogP contribution < -0.4 is 5.32 Å². The van der Waals surface area contributed by atoms with Crippen LogP contribution in [0, 0.1) is 0 Å². The van der Waals surface area contributed by atoms with Gasteiger partial charge in [0.25, 0.3) is 0 Å². The quantitative estimate of drug-likeness (QED) is 0.519. The van der Waals surface area contributed by atoms with E-state index < -0.39 is 11.7 Å². The number of nitrogens with one attached hydrogen (secondary N) is 1. The highest BCUT2D eigenvalue weighted by Gasteiger charge is 2.30. The summed E-state index contributed by atoms with van der Waals surface area (Å²) in [6, 6.07) is 16.2. The summed E-state index contributed by atoms with van der Waals surface area (Å²) in [6.45, 7) is 0.610. The molecule has 2 heterocycles. The van der Waals surface area contributed by atoms with Gasteiger partial charge in [0.1, 0.15) is 6.33 Å². The summed E-state index contributed by atoms with van der Waals surface area (Å²) in [4.78, 5) is 8.33. The topological polar surface area (TPSA) is 55.6 Å². The van der Waals surface area contributed by atoms with Gasteiger partial charge < -0.3 is 5.32 Å². The number of hydrogen-bond acceptors (Lipinski definition) is 4. The average Bonchev–Trinajstić information content (AvgIpc) is 3.23. The van der Waals surface area contributed by atoms with Crippen LogP contribution in [0.15, 0.2) is 79.4 Å². The lowest BCUT2D eigenvalue weighted by Crippen LogP contribution is -2.05. The molecule has 29 heavy (non-hydrogen) atoms. The van der Waals surface area contributed by atoms with E-state index in [-0.39, 0.29) is 0 Å². The molecule has 4 rings (SSSR count). The molecular weight excluding hydrogens is 379 g/mol. The lowest BCUT2D eigenvalue weighted by Gasteiger charge is -2.10. The second-order valence-electron chi connectivity index (χ2n) is 6.31. The maximum atomic E-state index is 12.7. The molecule has 0 amide bonds. The van der Waals surface area contributed by atoms with Gasteiger partial charge in [-0.25, -0.2) is 9.67 Å². The molecule has 1 N–H and O–H groups in total. The van der Waals surface area contributed by atoms with E-state index in [1.807, 2.05) is 36.4 Å². The standard InChI is InChI=1S/C21H16F3N5/c22-21(23,24)16-5-7-17(8-6-16)29-14-27-20(28-29)18-3-1-2-4-19(18)26-13-15-9-11-25-12-10-15/h1-12,14,26H,13H2. The van der Waals surface area contributed by atoms with Gasteiger partial charge in [0.05, 0.1) is 11.3 Å². The highest BCUT2D eigenvalue weighted by molar-refractivity contribution is 5.73. The molecule has 2 aromatic carbocycles. The molecule has 0 spiro atoms. The molecule has 4 aromatic rings. The first-order valence-electron chi connectivity index (χ1n) is 8.82. The molecule has 0 atom stereocenters. The number of halogens is 3. The number of nitrogens with zero attached hydrogens (tertiary/aromatic N) is 4. The predicted molar refractivity (Wildman–Crippen MR) is 103 cm³/mol. The number of rotatable bonds is 5. The Morgan fingerprint density at radius 3 is 2.34 bits per heavy atom. The van der Waals surface area contributed by atoms with Crippen molar-refractivity contribution in [1.82, 2.24) is 19.7 Å². The van der Waals surface area contributed by atoms with Crippen LogP contribution in [-0.4, -0.2) is 19.7 Å². The van der Waals surface area contributed by atoms with Gasteiger partial charge in [0.15, 0.2) is 5.82 Å². The average molecular weight is 395 g/mol. The second-order valence-corrected chi connectivity index (χ2v) is 6.31. The van der Waals surface area contributed by atoms with Gasteiger partial charge >= 0.3 is 6.18 Å². The summed E-state index contributed by atoms with van der Waals surface area (Å²) in [6.07, 6.45) is 0.579. The maximum Gasteiger partial charge on any atom is 0.416 e. The molecule has 2 aromatic heterocycles. The first kappa shape index (κ1) is 18.7. The van der Waals surface area contributed by atoms with Crippen molar-refractivity contribution in [2.45, 2.75) is 12.7 Å². The summed E-state index contributed by atoms with van der Waals surface area (Å²) in [7, 11) is 0. The Balaban J connectivity index is 1.57. The van der Waals surface area contributed by atoms with Crippen molar-refractivity contribution >= 4 is 5.69 Å². The van der Waals surface area contributed by atoms with Crippen molar-refractivity contribution in [1.29, 1.82) is 0 Å². The number of pyridine rings is 1. The number of para-hydroxylation sites is 1. The zero-order chi connectivity index (χ0) is 20.3. The molecule has 0 unspecified atom stereocenters. The summed E-state index contributed by atoms with van der Waals surface area (Å²) < 4.78 is 39.7. The van der Waals surface area contributed by atoms with E-state index in [1.54, 1.807) is 12.4 Å². The largest absolute Gasteiger partial charge is 0.416 e. The molecule has 0 radical (unpaired) electrons. The zero-order valence-electron chi connectivity index (χ0n) is 15.1. The summed E-state index contributed by atoms with van der Waals surface area (Å²) in [5.41, 5.74) is 2.53. The van der Waals surface area contributed by atoms with Crippen molar-refractivity contribution in [3.8, 4) is 17.1 Å². The SMILES string of the molecule is FC(F)(F)c1ccc(-n2cnc(-c3ccccc3NCc3ccncc3)n2)cc1. The van der Waals surface area contributed by atoms with Gasteiger partial charge in [-0.05, 0) is 54.1 Å². The molecule has 0 bridgehead atoms. The third kappa shape index (κ3) is 4.26. The number of alkyl halides is 3. The fourth-order valence-electron chi connectivity index (χ4n) is 2.84. The van der Waals surface area contributed by atoms with Crippen LogP contribution in [0.4, 0.5) is 18.9 Å². The second kappa shape index (κ2) is 7.75. The van der Waals surface area contributed by atoms with Crippen LogP contribution in [0.2, 0.25) is 0 Å². The fraction of sp³-hybridized carbons (Fsp3) is 0.0952. The monoisotopic (exact) mass is 395 g/mol. The van der Waals surface area contributed by atoms with Crippen LogP contribution in [0.1, 0.15) is 11.1 Å². The minimum atomic E-state index is -4.37. The molecule has 0 fully saturated rings. The molecule has 0 aliphatic rings. The number of aromatic nitrogens is 4. The van der Waals surface area contributed by atoms with Crippen LogP contribution in [0.25, 0.3) is 17.1 Å². The van der Waals surface area contributed by atoms with Crippen molar-refractivity contribution in [3.63, 3.8) is 0 Å². The molecule has 8 heteroatoms. The highest BCUT2D eigenvalue weighted by Crippen LogP contribution is 2.30. The van der Waals surface area contributed by atoms with E-state index in [0.29, 0.717) is 18.1 Å². The minimum absolute atomic E-state index is 0.475. The van der Waals surface area contributed by atoms with E-state index in [9.17, 15) is 13.2 Å². The molecule has 0 aliphatic heterocycles. The smallest absolute Gasteiger partial charge is 0.380 e. The van der Waals surface area contributed by atoms with Crippen LogP contribution in [-0.2, 0) is 12.7 Å². The van der Waals surface area contributed by atoms with E-state index in [0.717, 1.165) is 28.9 Å². The molecule has 0 aliphatic carbocycles. The highest BCUT2D eigenvalue weighted by atomic mass is 19.4. The van der Waals surface area contributed by atoms with Crippen LogP contribution >= 0.6 is 0 Å². The lowest BCUT2D eigenvalue weighted by molar-refractivity contribution is -0.137. The number of anilines is 1. The van der Waals surface area contributed by atoms with Gasteiger partial charge in [-0.15, -0.1) is 5.10 Å². The fourth-order valence-corrected chi connectivity index (χ4v) is 2.84. The third-order valence-electron chi connectivity index (χ3n) is 4.35. The van der Waals surface area contributed by atoms with Crippen molar-refractivity contribution in [3.05, 3.63) is 90.5 Å². The van der Waals surface area contributed by atoms with Crippen LogP contribution in [0.5, 0.6) is 0 Å². The number of hydrogen-bond donors (Lipinski definition) is 1. The van der Waals surface area contributed by atoms with E-state index in [4.69, 9.17) is 0 Å². The first-order chi connectivity index (χ1) is 14.0. The summed E-state index contributed by atoms with van der Waals surface area (Å²) in [5, 5.41) is 7.79. The van der Waals surface area contributed by atoms with Gasteiger partial charge in [-0.3, -0.25) is 4.98 Å². The Bertz CT molecular complexity index is 1090. The third-order valence-corrected chi connectivity index (χ3v) is 4.35. The summed E-state index contributed by atoms with van der Waals surface area (Å²) in [5.74, 6) is 0.475. The van der Waals surface area contributed by atoms with Gasteiger partial charge in [0, 0.05) is 30.2 Å². The number of benzene rings is 2. The minimum Gasteiger partial charge on any atom is -0.380 e. The van der Waals surface area contributed by atoms with Crippen LogP contribution in [0.3, 0.4) is 0 Å². The Labute approximate surface area is 164 Å². The molecule has 5 nitrogen and oxygen atoms in total. The normalized spacial score (nSPS) is 11.4. The Morgan fingerprint density at radius 2 is 1.62 bits per heavy atom. The van der Waals surface area contributed by atoms with E-state index in [1.165, 1.54) is 23.1 Å². The van der Waals surface area contributed by atoms with Gasteiger partial charge in [-0.2, -0.15) is 13.2 Å². The van der Waals surface area contributed by atoms with Crippen molar-refractivity contribution in [2.24, 2.45) is 0 Å². The zero-order valence-corrected chi connectivity index (χ0v) is 15.1. The Hall–Kier alpha value is -3.68. The van der Waals surface area contributed by atoms with Crippen molar-refractivity contribution < 1.29 is 13.2 Å².